The normalized spacial score (nSPS) is 12.3. The second-order valence-corrected chi connectivity index (χ2v) is 6.31. The number of amides is 1. The van der Waals surface area contributed by atoms with Crippen molar-refractivity contribution in [2.24, 2.45) is 5.73 Å². The molecule has 10 heteroatoms. The Balaban J connectivity index is 1.84. The summed E-state index contributed by atoms with van der Waals surface area (Å²) in [5, 5.41) is 28.7. The highest BCUT2D eigenvalue weighted by Crippen LogP contribution is 2.42. The number of carbonyl (C=O) groups excluding carboxylic acids is 1. The molecule has 10 nitrogen and oxygen atoms in total. The van der Waals surface area contributed by atoms with E-state index in [2.05, 4.69) is 10.2 Å². The van der Waals surface area contributed by atoms with Gasteiger partial charge in [-0.3, -0.25) is 4.79 Å². The molecule has 0 aliphatic carbocycles. The molecule has 2 heterocycles. The van der Waals surface area contributed by atoms with Crippen LogP contribution in [-0.4, -0.2) is 51.4 Å². The minimum absolute atomic E-state index is 0.0610. The maximum atomic E-state index is 11.7. The predicted molar refractivity (Wildman–Crippen MR) is 101 cm³/mol. The van der Waals surface area contributed by atoms with Gasteiger partial charge in [-0.15, -0.1) is 10.2 Å². The standard InChI is InChI=1S/C19H18N4O6/c1-27-5-4-23-18(21-22-19(23)17(20)26)12-7-11(13(24)8-14(12)25)10-2-3-15-16(6-10)29-9-28-15/h2-3,6-8,24-25H,4-5,9H2,1H3,(H2,20,26). The third-order valence-electron chi connectivity index (χ3n) is 4.53. The average Bonchev–Trinajstić information content (AvgIpc) is 3.32. The maximum absolute atomic E-state index is 11.7. The molecule has 1 amide bonds. The number of phenols is 2. The Bertz CT molecular complexity index is 1090. The molecule has 0 fully saturated rings. The van der Waals surface area contributed by atoms with Crippen LogP contribution in [0.1, 0.15) is 10.6 Å². The number of nitrogens with zero attached hydrogens (tertiary/aromatic N) is 3. The Hall–Kier alpha value is -3.79. The van der Waals surface area contributed by atoms with Gasteiger partial charge in [-0.25, -0.2) is 0 Å². The highest BCUT2D eigenvalue weighted by atomic mass is 16.7. The first kappa shape index (κ1) is 18.6. The van der Waals surface area contributed by atoms with E-state index in [0.29, 0.717) is 22.6 Å². The SMILES string of the molecule is COCCn1c(C(N)=O)nnc1-c1cc(-c2ccc3c(c2)OCO3)c(O)cc1O. The number of hydrogen-bond donors (Lipinski definition) is 3. The Morgan fingerprint density at radius 3 is 2.66 bits per heavy atom. The summed E-state index contributed by atoms with van der Waals surface area (Å²) < 4.78 is 17.2. The smallest absolute Gasteiger partial charge is 0.286 e. The third-order valence-corrected chi connectivity index (χ3v) is 4.53. The topological polar surface area (TPSA) is 142 Å². The quantitative estimate of drug-likeness (QED) is 0.567. The number of fused-ring (bicyclic) bond motifs is 1. The van der Waals surface area contributed by atoms with Crippen LogP contribution in [0.4, 0.5) is 0 Å². The van der Waals surface area contributed by atoms with E-state index >= 15 is 0 Å². The van der Waals surface area contributed by atoms with Crippen molar-refractivity contribution in [1.29, 1.82) is 0 Å². The fraction of sp³-hybridized carbons (Fsp3) is 0.211. The van der Waals surface area contributed by atoms with Crippen LogP contribution >= 0.6 is 0 Å². The summed E-state index contributed by atoms with van der Waals surface area (Å²) in [7, 11) is 1.52. The van der Waals surface area contributed by atoms with Gasteiger partial charge in [0.25, 0.3) is 5.91 Å². The van der Waals surface area contributed by atoms with E-state index in [4.69, 9.17) is 19.9 Å². The zero-order valence-corrected chi connectivity index (χ0v) is 15.5. The molecular weight excluding hydrogens is 380 g/mol. The highest BCUT2D eigenvalue weighted by molar-refractivity contribution is 5.90. The van der Waals surface area contributed by atoms with Crippen LogP contribution < -0.4 is 15.2 Å². The zero-order chi connectivity index (χ0) is 20.5. The number of phenolic OH excluding ortho intramolecular Hbond substituents is 2. The molecule has 4 N–H and O–H groups in total. The van der Waals surface area contributed by atoms with Gasteiger partial charge in [0, 0.05) is 25.3 Å². The molecule has 0 unspecified atom stereocenters. The van der Waals surface area contributed by atoms with Gasteiger partial charge in [-0.2, -0.15) is 0 Å². The van der Waals surface area contributed by atoms with Crippen molar-refractivity contribution in [1.82, 2.24) is 14.8 Å². The zero-order valence-electron chi connectivity index (χ0n) is 15.5. The van der Waals surface area contributed by atoms with Crippen LogP contribution in [0.3, 0.4) is 0 Å². The molecule has 0 atom stereocenters. The lowest BCUT2D eigenvalue weighted by Crippen LogP contribution is -2.20. The first-order valence-corrected chi connectivity index (χ1v) is 8.68. The Kier molecular flexibility index (Phi) is 4.69. The molecule has 1 aliphatic heterocycles. The molecule has 0 saturated carbocycles. The Morgan fingerprint density at radius 1 is 1.14 bits per heavy atom. The van der Waals surface area contributed by atoms with Gasteiger partial charge in [0.05, 0.1) is 12.2 Å². The van der Waals surface area contributed by atoms with Gasteiger partial charge in [0.2, 0.25) is 12.6 Å². The van der Waals surface area contributed by atoms with Crippen molar-refractivity contribution in [2.45, 2.75) is 6.54 Å². The molecule has 0 bridgehead atoms. The number of primary amides is 1. The van der Waals surface area contributed by atoms with Crippen LogP contribution in [0.15, 0.2) is 30.3 Å². The van der Waals surface area contributed by atoms with E-state index < -0.39 is 5.91 Å². The van der Waals surface area contributed by atoms with Gasteiger partial charge in [-0.1, -0.05) is 6.07 Å². The molecule has 4 rings (SSSR count). The summed E-state index contributed by atoms with van der Waals surface area (Å²) in [6.45, 7) is 0.653. The number of benzene rings is 2. The van der Waals surface area contributed by atoms with E-state index in [1.54, 1.807) is 24.3 Å². The van der Waals surface area contributed by atoms with Crippen molar-refractivity contribution in [3.63, 3.8) is 0 Å². The summed E-state index contributed by atoms with van der Waals surface area (Å²) >= 11 is 0. The molecule has 0 saturated heterocycles. The van der Waals surface area contributed by atoms with Gasteiger partial charge >= 0.3 is 0 Å². The molecule has 29 heavy (non-hydrogen) atoms. The van der Waals surface area contributed by atoms with Crippen LogP contribution in [0.25, 0.3) is 22.5 Å². The fourth-order valence-electron chi connectivity index (χ4n) is 3.13. The lowest BCUT2D eigenvalue weighted by Gasteiger charge is -2.13. The summed E-state index contributed by atoms with van der Waals surface area (Å²) in [6, 6.07) is 7.97. The van der Waals surface area contributed by atoms with E-state index in [1.807, 2.05) is 0 Å². The van der Waals surface area contributed by atoms with Crippen LogP contribution in [0.2, 0.25) is 0 Å². The predicted octanol–water partition coefficient (Wildman–Crippen LogP) is 1.50. The van der Waals surface area contributed by atoms with Crippen molar-refractivity contribution in [3.8, 4) is 45.5 Å². The number of hydrogen-bond acceptors (Lipinski definition) is 8. The van der Waals surface area contributed by atoms with Crippen molar-refractivity contribution in [2.75, 3.05) is 20.5 Å². The molecule has 1 aliphatic rings. The molecule has 3 aromatic rings. The molecule has 0 spiro atoms. The van der Waals surface area contributed by atoms with E-state index in [9.17, 15) is 15.0 Å². The minimum atomic E-state index is -0.755. The summed E-state index contributed by atoms with van der Waals surface area (Å²) in [5.41, 5.74) is 6.72. The Labute approximate surface area is 165 Å². The van der Waals surface area contributed by atoms with Crippen LogP contribution in [-0.2, 0) is 11.3 Å². The third kappa shape index (κ3) is 3.29. The van der Waals surface area contributed by atoms with E-state index in [0.717, 1.165) is 0 Å². The van der Waals surface area contributed by atoms with Crippen molar-refractivity contribution >= 4 is 5.91 Å². The van der Waals surface area contributed by atoms with Crippen molar-refractivity contribution in [3.05, 3.63) is 36.2 Å². The number of nitrogens with two attached hydrogens (primary N) is 1. The van der Waals surface area contributed by atoms with Gasteiger partial charge in [0.15, 0.2) is 17.3 Å². The van der Waals surface area contributed by atoms with E-state index in [1.165, 1.54) is 17.7 Å². The number of carbonyl (C=O) groups is 1. The number of rotatable bonds is 6. The second kappa shape index (κ2) is 7.32. The lowest BCUT2D eigenvalue weighted by atomic mass is 10.00. The minimum Gasteiger partial charge on any atom is -0.507 e. The van der Waals surface area contributed by atoms with Crippen LogP contribution in [0, 0.1) is 0 Å². The molecule has 0 radical (unpaired) electrons. The maximum Gasteiger partial charge on any atom is 0.286 e. The van der Waals surface area contributed by atoms with Gasteiger partial charge in [0.1, 0.15) is 11.5 Å². The fourth-order valence-corrected chi connectivity index (χ4v) is 3.13. The van der Waals surface area contributed by atoms with Gasteiger partial charge in [-0.05, 0) is 23.8 Å². The second-order valence-electron chi connectivity index (χ2n) is 6.31. The number of aromatic hydroxyl groups is 2. The summed E-state index contributed by atoms with van der Waals surface area (Å²) in [6.07, 6.45) is 0. The number of ether oxygens (including phenoxy) is 3. The van der Waals surface area contributed by atoms with Gasteiger partial charge < -0.3 is 34.7 Å². The Morgan fingerprint density at radius 2 is 1.90 bits per heavy atom. The monoisotopic (exact) mass is 398 g/mol. The first-order valence-electron chi connectivity index (χ1n) is 8.68. The van der Waals surface area contributed by atoms with Crippen molar-refractivity contribution < 1.29 is 29.2 Å². The summed E-state index contributed by atoms with van der Waals surface area (Å²) in [4.78, 5) is 11.7. The lowest BCUT2D eigenvalue weighted by molar-refractivity contribution is 0.0983. The number of methoxy groups -OCH3 is 1. The largest absolute Gasteiger partial charge is 0.507 e. The molecular formula is C19H18N4O6. The number of aromatic nitrogens is 3. The molecule has 2 aromatic carbocycles. The first-order chi connectivity index (χ1) is 14.0. The van der Waals surface area contributed by atoms with E-state index in [-0.39, 0.29) is 48.7 Å². The average molecular weight is 398 g/mol. The molecule has 1 aromatic heterocycles. The summed E-state index contributed by atoms with van der Waals surface area (Å²) in [5.74, 6) is 0.198. The van der Waals surface area contributed by atoms with Crippen LogP contribution in [0.5, 0.6) is 23.0 Å². The highest BCUT2D eigenvalue weighted by Gasteiger charge is 2.22. The molecule has 150 valence electrons.